The van der Waals surface area contributed by atoms with Crippen molar-refractivity contribution in [3.8, 4) is 0 Å². The Labute approximate surface area is 77.6 Å². The van der Waals surface area contributed by atoms with E-state index >= 15 is 0 Å². The lowest BCUT2D eigenvalue weighted by molar-refractivity contribution is -0.138. The number of aliphatic carboxylic acids is 1. The first kappa shape index (κ1) is 11.5. The largest absolute Gasteiger partial charge is 0.481 e. The standard InChI is InChI=1S/C8H14O3S/c1-6(4-8(10)11)2-3-7(9)5-12/h6,12H,2-5H2,1H3,(H,10,11). The molecule has 3 nitrogen and oxygen atoms in total. The van der Waals surface area contributed by atoms with Gasteiger partial charge in [-0.3, -0.25) is 9.59 Å². The minimum absolute atomic E-state index is 0.0753. The number of carbonyl (C=O) groups excluding carboxylic acids is 1. The van der Waals surface area contributed by atoms with Crippen LogP contribution < -0.4 is 0 Å². The summed E-state index contributed by atoms with van der Waals surface area (Å²) in [4.78, 5) is 21.0. The lowest BCUT2D eigenvalue weighted by atomic mass is 10.0. The lowest BCUT2D eigenvalue weighted by Crippen LogP contribution is -2.07. The number of Topliss-reactive ketones (excluding diaryl/α,β-unsaturated/α-hetero) is 1. The summed E-state index contributed by atoms with van der Waals surface area (Å²) < 4.78 is 0. The minimum Gasteiger partial charge on any atom is -0.481 e. The average Bonchev–Trinajstić information content (AvgIpc) is 1.99. The quantitative estimate of drug-likeness (QED) is 0.622. The fourth-order valence-corrected chi connectivity index (χ4v) is 1.04. The van der Waals surface area contributed by atoms with Gasteiger partial charge in [0.05, 0.1) is 0 Å². The zero-order valence-corrected chi connectivity index (χ0v) is 8.01. The topological polar surface area (TPSA) is 54.4 Å². The van der Waals surface area contributed by atoms with Gasteiger partial charge >= 0.3 is 5.97 Å². The molecule has 0 radical (unpaired) electrons. The van der Waals surface area contributed by atoms with Gasteiger partial charge in [0.25, 0.3) is 0 Å². The first-order valence-corrected chi connectivity index (χ1v) is 4.54. The molecule has 0 heterocycles. The average molecular weight is 190 g/mol. The Morgan fingerprint density at radius 1 is 1.50 bits per heavy atom. The molecule has 0 amide bonds. The van der Waals surface area contributed by atoms with E-state index in [4.69, 9.17) is 5.11 Å². The highest BCUT2D eigenvalue weighted by molar-refractivity contribution is 7.81. The number of hydrogen-bond acceptors (Lipinski definition) is 3. The van der Waals surface area contributed by atoms with Crippen molar-refractivity contribution in [2.45, 2.75) is 26.2 Å². The van der Waals surface area contributed by atoms with Crippen LogP contribution in [0, 0.1) is 5.92 Å². The molecular weight excluding hydrogens is 176 g/mol. The Bertz CT molecular complexity index is 168. The predicted molar refractivity (Wildman–Crippen MR) is 49.5 cm³/mol. The van der Waals surface area contributed by atoms with E-state index in [0.717, 1.165) is 0 Å². The van der Waals surface area contributed by atoms with Gasteiger partial charge in [-0.2, -0.15) is 12.6 Å². The Morgan fingerprint density at radius 2 is 2.08 bits per heavy atom. The van der Waals surface area contributed by atoms with Crippen molar-refractivity contribution in [2.24, 2.45) is 5.92 Å². The highest BCUT2D eigenvalue weighted by Gasteiger charge is 2.09. The Morgan fingerprint density at radius 3 is 2.50 bits per heavy atom. The van der Waals surface area contributed by atoms with Crippen LogP contribution in [-0.2, 0) is 9.59 Å². The molecule has 0 rings (SSSR count). The monoisotopic (exact) mass is 190 g/mol. The van der Waals surface area contributed by atoms with Gasteiger partial charge in [0.15, 0.2) is 0 Å². The summed E-state index contributed by atoms with van der Waals surface area (Å²) in [5.41, 5.74) is 0. The number of carbonyl (C=O) groups is 2. The van der Waals surface area contributed by atoms with Crippen LogP contribution in [0.25, 0.3) is 0 Å². The molecule has 0 aliphatic heterocycles. The van der Waals surface area contributed by atoms with Crippen molar-refractivity contribution in [3.63, 3.8) is 0 Å². The van der Waals surface area contributed by atoms with E-state index in [-0.39, 0.29) is 23.9 Å². The van der Waals surface area contributed by atoms with Gasteiger partial charge in [-0.05, 0) is 12.3 Å². The van der Waals surface area contributed by atoms with Gasteiger partial charge in [0.2, 0.25) is 0 Å². The smallest absolute Gasteiger partial charge is 0.303 e. The summed E-state index contributed by atoms with van der Waals surface area (Å²) in [6.45, 7) is 1.83. The first-order valence-electron chi connectivity index (χ1n) is 3.90. The maximum Gasteiger partial charge on any atom is 0.303 e. The van der Waals surface area contributed by atoms with Crippen LogP contribution in [0.4, 0.5) is 0 Å². The Balaban J connectivity index is 3.50. The molecule has 1 unspecified atom stereocenters. The molecule has 0 aromatic rings. The van der Waals surface area contributed by atoms with Crippen LogP contribution in [0.3, 0.4) is 0 Å². The van der Waals surface area contributed by atoms with Crippen LogP contribution in [-0.4, -0.2) is 22.6 Å². The second kappa shape index (κ2) is 6.06. The highest BCUT2D eigenvalue weighted by atomic mass is 32.1. The van der Waals surface area contributed by atoms with Crippen LogP contribution in [0.1, 0.15) is 26.2 Å². The molecule has 0 aliphatic rings. The lowest BCUT2D eigenvalue weighted by Gasteiger charge is -2.05. The van der Waals surface area contributed by atoms with E-state index in [0.29, 0.717) is 12.8 Å². The molecule has 0 aliphatic carbocycles. The van der Waals surface area contributed by atoms with Gasteiger partial charge in [-0.15, -0.1) is 0 Å². The van der Waals surface area contributed by atoms with Crippen LogP contribution >= 0.6 is 12.6 Å². The zero-order chi connectivity index (χ0) is 9.56. The van der Waals surface area contributed by atoms with E-state index in [9.17, 15) is 9.59 Å². The third-order valence-corrected chi connectivity index (χ3v) is 1.97. The Kier molecular flexibility index (Phi) is 5.80. The summed E-state index contributed by atoms with van der Waals surface area (Å²) in [6, 6.07) is 0. The van der Waals surface area contributed by atoms with Gasteiger partial charge < -0.3 is 5.11 Å². The molecule has 0 spiro atoms. The Hall–Kier alpha value is -0.510. The second-order valence-electron chi connectivity index (χ2n) is 2.94. The summed E-state index contributed by atoms with van der Waals surface area (Å²) in [6.07, 6.45) is 1.23. The predicted octanol–water partition coefficient (Wildman–Crippen LogP) is 1.38. The van der Waals surface area contributed by atoms with Crippen molar-refractivity contribution in [3.05, 3.63) is 0 Å². The summed E-state index contributed by atoms with van der Waals surface area (Å²) in [5, 5.41) is 8.41. The molecular formula is C8H14O3S. The maximum absolute atomic E-state index is 10.8. The van der Waals surface area contributed by atoms with E-state index in [1.807, 2.05) is 6.92 Å². The number of thiol groups is 1. The molecule has 1 atom stereocenters. The molecule has 0 aromatic heterocycles. The molecule has 0 bridgehead atoms. The van der Waals surface area contributed by atoms with E-state index < -0.39 is 5.97 Å². The third kappa shape index (κ3) is 6.22. The first-order chi connectivity index (χ1) is 5.56. The molecule has 0 saturated heterocycles. The van der Waals surface area contributed by atoms with Crippen LogP contribution in [0.15, 0.2) is 0 Å². The van der Waals surface area contributed by atoms with Crippen molar-refractivity contribution in [1.29, 1.82) is 0 Å². The molecule has 70 valence electrons. The number of carboxylic acids is 1. The summed E-state index contributed by atoms with van der Waals surface area (Å²) in [7, 11) is 0. The van der Waals surface area contributed by atoms with Gasteiger partial charge in [0.1, 0.15) is 5.78 Å². The third-order valence-electron chi connectivity index (χ3n) is 1.62. The fourth-order valence-electron chi connectivity index (χ4n) is 0.887. The number of carboxylic acid groups (broad SMARTS) is 1. The van der Waals surface area contributed by atoms with Crippen molar-refractivity contribution in [1.82, 2.24) is 0 Å². The molecule has 0 saturated carbocycles. The van der Waals surface area contributed by atoms with Crippen molar-refractivity contribution >= 4 is 24.4 Å². The second-order valence-corrected chi connectivity index (χ2v) is 3.25. The molecule has 0 aromatic carbocycles. The van der Waals surface area contributed by atoms with Gasteiger partial charge in [-0.25, -0.2) is 0 Å². The van der Waals surface area contributed by atoms with E-state index in [1.165, 1.54) is 0 Å². The zero-order valence-electron chi connectivity index (χ0n) is 7.12. The van der Waals surface area contributed by atoms with Crippen LogP contribution in [0.2, 0.25) is 0 Å². The van der Waals surface area contributed by atoms with Crippen molar-refractivity contribution in [2.75, 3.05) is 5.75 Å². The van der Waals surface area contributed by atoms with Crippen molar-refractivity contribution < 1.29 is 14.7 Å². The molecule has 12 heavy (non-hydrogen) atoms. The van der Waals surface area contributed by atoms with E-state index in [1.54, 1.807) is 0 Å². The number of rotatable bonds is 6. The minimum atomic E-state index is -0.805. The molecule has 0 fully saturated rings. The SMILES string of the molecule is CC(CCC(=O)CS)CC(=O)O. The van der Waals surface area contributed by atoms with Crippen LogP contribution in [0.5, 0.6) is 0 Å². The normalized spacial score (nSPS) is 12.5. The number of hydrogen-bond donors (Lipinski definition) is 2. The summed E-state index contributed by atoms with van der Waals surface area (Å²) in [5.74, 6) is -0.400. The summed E-state index contributed by atoms with van der Waals surface area (Å²) >= 11 is 3.82. The fraction of sp³-hybridized carbons (Fsp3) is 0.750. The van der Waals surface area contributed by atoms with Gasteiger partial charge in [-0.1, -0.05) is 6.92 Å². The molecule has 1 N–H and O–H groups in total. The molecule has 4 heteroatoms. The van der Waals surface area contributed by atoms with Gasteiger partial charge in [0, 0.05) is 18.6 Å². The van der Waals surface area contributed by atoms with E-state index in [2.05, 4.69) is 12.6 Å². The highest BCUT2D eigenvalue weighted by Crippen LogP contribution is 2.10. The maximum atomic E-state index is 10.8. The number of ketones is 1.